The lowest BCUT2D eigenvalue weighted by Crippen LogP contribution is -2.60. The first kappa shape index (κ1) is 15.6. The number of likely N-dealkylation sites (tertiary alicyclic amines) is 1. The topological polar surface area (TPSA) is 81.9 Å². The summed E-state index contributed by atoms with van der Waals surface area (Å²) >= 11 is 5.79. The summed E-state index contributed by atoms with van der Waals surface area (Å²) < 4.78 is 11.2. The first-order valence-electron chi connectivity index (χ1n) is 6.48. The molecule has 2 amide bonds. The van der Waals surface area contributed by atoms with Gasteiger partial charge in [0.2, 0.25) is 5.91 Å². The van der Waals surface area contributed by atoms with Gasteiger partial charge in [0.15, 0.2) is 0 Å². The lowest BCUT2D eigenvalue weighted by atomic mass is 10.1. The zero-order chi connectivity index (χ0) is 15.6. The van der Waals surface area contributed by atoms with Crippen molar-refractivity contribution in [2.45, 2.75) is 25.7 Å². The lowest BCUT2D eigenvalue weighted by Gasteiger charge is -2.42. The minimum atomic E-state index is -1.60. The quantitative estimate of drug-likeness (QED) is 0.827. The van der Waals surface area contributed by atoms with Crippen LogP contribution in [0.1, 0.15) is 13.8 Å². The standard InChI is InChI=1S/C14H17ClN2O4/c1-9(18)17-7-12(8-17)21-14(2,13(16)19)20-11-5-3-10(15)4-6-11/h3-6,12H,7-8H2,1-2H3,(H2,16,19). The number of nitrogens with zero attached hydrogens (tertiary/aromatic N) is 1. The molecule has 0 bridgehead atoms. The molecule has 1 aromatic carbocycles. The Kier molecular flexibility index (Phi) is 4.39. The minimum absolute atomic E-state index is 0.0331. The van der Waals surface area contributed by atoms with Crippen molar-refractivity contribution in [1.29, 1.82) is 0 Å². The molecule has 2 N–H and O–H groups in total. The van der Waals surface area contributed by atoms with Crippen LogP contribution in [0.15, 0.2) is 24.3 Å². The molecule has 0 radical (unpaired) electrons. The number of ether oxygens (including phenoxy) is 2. The molecular weight excluding hydrogens is 296 g/mol. The van der Waals surface area contributed by atoms with Crippen LogP contribution in [0.5, 0.6) is 5.75 Å². The number of hydrogen-bond donors (Lipinski definition) is 1. The van der Waals surface area contributed by atoms with E-state index in [-0.39, 0.29) is 12.0 Å². The highest BCUT2D eigenvalue weighted by atomic mass is 35.5. The molecule has 0 aromatic heterocycles. The molecule has 1 aromatic rings. The molecule has 0 spiro atoms. The Morgan fingerprint density at radius 3 is 2.38 bits per heavy atom. The Morgan fingerprint density at radius 1 is 1.33 bits per heavy atom. The number of primary amides is 1. The summed E-state index contributed by atoms with van der Waals surface area (Å²) in [5, 5.41) is 0.556. The SMILES string of the molecule is CC(=O)N1CC(OC(C)(Oc2ccc(Cl)cc2)C(N)=O)C1. The highest BCUT2D eigenvalue weighted by molar-refractivity contribution is 6.30. The smallest absolute Gasteiger partial charge is 0.290 e. The molecule has 114 valence electrons. The molecule has 6 nitrogen and oxygen atoms in total. The molecule has 1 unspecified atom stereocenters. The van der Waals surface area contributed by atoms with Gasteiger partial charge in [0.05, 0.1) is 6.10 Å². The summed E-state index contributed by atoms with van der Waals surface area (Å²) in [6, 6.07) is 6.52. The van der Waals surface area contributed by atoms with E-state index in [2.05, 4.69) is 0 Å². The third-order valence-corrected chi connectivity index (χ3v) is 3.51. The molecule has 1 fully saturated rings. The van der Waals surface area contributed by atoms with Crippen LogP contribution >= 0.6 is 11.6 Å². The number of hydrogen-bond acceptors (Lipinski definition) is 4. The van der Waals surface area contributed by atoms with Gasteiger partial charge in [-0.25, -0.2) is 0 Å². The van der Waals surface area contributed by atoms with Crippen LogP contribution in [-0.4, -0.2) is 41.7 Å². The highest BCUT2D eigenvalue weighted by Crippen LogP contribution is 2.25. The van der Waals surface area contributed by atoms with Crippen LogP contribution in [0.4, 0.5) is 0 Å². The lowest BCUT2D eigenvalue weighted by molar-refractivity contribution is -0.221. The van der Waals surface area contributed by atoms with Gasteiger partial charge in [-0.05, 0) is 24.3 Å². The molecule has 0 saturated carbocycles. The highest BCUT2D eigenvalue weighted by Gasteiger charge is 2.42. The molecule has 2 rings (SSSR count). The van der Waals surface area contributed by atoms with E-state index in [0.717, 1.165) is 0 Å². The predicted octanol–water partition coefficient (Wildman–Crippen LogP) is 1.17. The van der Waals surface area contributed by atoms with E-state index >= 15 is 0 Å². The van der Waals surface area contributed by atoms with Gasteiger partial charge < -0.3 is 20.1 Å². The largest absolute Gasteiger partial charge is 0.453 e. The Balaban J connectivity index is 2.02. The van der Waals surface area contributed by atoms with Gasteiger partial charge in [0, 0.05) is 32.0 Å². The summed E-state index contributed by atoms with van der Waals surface area (Å²) in [5.41, 5.74) is 5.37. The summed E-state index contributed by atoms with van der Waals surface area (Å²) in [6.45, 7) is 3.78. The first-order valence-corrected chi connectivity index (χ1v) is 6.86. The maximum atomic E-state index is 11.6. The predicted molar refractivity (Wildman–Crippen MR) is 76.8 cm³/mol. The number of benzene rings is 1. The number of nitrogens with two attached hydrogens (primary N) is 1. The molecular formula is C14H17ClN2O4. The van der Waals surface area contributed by atoms with Crippen LogP contribution in [0, 0.1) is 0 Å². The molecule has 7 heteroatoms. The van der Waals surface area contributed by atoms with Crippen LogP contribution in [0.3, 0.4) is 0 Å². The molecule has 1 saturated heterocycles. The van der Waals surface area contributed by atoms with Gasteiger partial charge >= 0.3 is 0 Å². The number of halogens is 1. The maximum Gasteiger partial charge on any atom is 0.290 e. The van der Waals surface area contributed by atoms with Gasteiger partial charge in [-0.1, -0.05) is 11.6 Å². The number of amides is 2. The van der Waals surface area contributed by atoms with E-state index in [1.54, 1.807) is 29.2 Å². The van der Waals surface area contributed by atoms with E-state index in [1.165, 1.54) is 13.8 Å². The van der Waals surface area contributed by atoms with Crippen molar-refractivity contribution >= 4 is 23.4 Å². The Hall–Kier alpha value is -1.79. The second-order valence-corrected chi connectivity index (χ2v) is 5.47. The number of rotatable bonds is 5. The second-order valence-electron chi connectivity index (χ2n) is 5.03. The molecule has 1 aliphatic heterocycles. The summed E-state index contributed by atoms with van der Waals surface area (Å²) in [7, 11) is 0. The van der Waals surface area contributed by atoms with E-state index in [4.69, 9.17) is 26.8 Å². The van der Waals surface area contributed by atoms with Crippen molar-refractivity contribution < 1.29 is 19.1 Å². The van der Waals surface area contributed by atoms with Crippen molar-refractivity contribution in [2.75, 3.05) is 13.1 Å². The van der Waals surface area contributed by atoms with E-state index < -0.39 is 11.7 Å². The van der Waals surface area contributed by atoms with E-state index in [9.17, 15) is 9.59 Å². The van der Waals surface area contributed by atoms with Crippen LogP contribution < -0.4 is 10.5 Å². The molecule has 21 heavy (non-hydrogen) atoms. The van der Waals surface area contributed by atoms with Crippen LogP contribution in [-0.2, 0) is 14.3 Å². The third kappa shape index (κ3) is 3.65. The Morgan fingerprint density at radius 2 is 1.90 bits per heavy atom. The number of carbonyl (C=O) groups excluding carboxylic acids is 2. The van der Waals surface area contributed by atoms with Crippen molar-refractivity contribution in [3.8, 4) is 5.75 Å². The van der Waals surface area contributed by atoms with Gasteiger partial charge in [-0.3, -0.25) is 9.59 Å². The minimum Gasteiger partial charge on any atom is -0.453 e. The van der Waals surface area contributed by atoms with Crippen molar-refractivity contribution in [2.24, 2.45) is 5.73 Å². The monoisotopic (exact) mass is 312 g/mol. The van der Waals surface area contributed by atoms with Crippen LogP contribution in [0.25, 0.3) is 0 Å². The van der Waals surface area contributed by atoms with Gasteiger partial charge in [0.1, 0.15) is 5.75 Å². The van der Waals surface area contributed by atoms with E-state index in [1.807, 2.05) is 0 Å². The fraction of sp³-hybridized carbons (Fsp3) is 0.429. The van der Waals surface area contributed by atoms with Gasteiger partial charge in [-0.15, -0.1) is 0 Å². The second kappa shape index (κ2) is 5.91. The average Bonchev–Trinajstić information content (AvgIpc) is 2.35. The Labute approximate surface area is 127 Å². The van der Waals surface area contributed by atoms with Gasteiger partial charge in [0.25, 0.3) is 11.7 Å². The molecule has 1 atom stereocenters. The average molecular weight is 313 g/mol. The Bertz CT molecular complexity index is 542. The number of carbonyl (C=O) groups is 2. The molecule has 1 heterocycles. The zero-order valence-electron chi connectivity index (χ0n) is 11.8. The summed E-state index contributed by atoms with van der Waals surface area (Å²) in [6.07, 6.45) is -0.279. The molecule has 0 aliphatic carbocycles. The van der Waals surface area contributed by atoms with Crippen LogP contribution in [0.2, 0.25) is 5.02 Å². The van der Waals surface area contributed by atoms with Crippen molar-refractivity contribution in [3.05, 3.63) is 29.3 Å². The van der Waals surface area contributed by atoms with Gasteiger partial charge in [-0.2, -0.15) is 0 Å². The van der Waals surface area contributed by atoms with Crippen molar-refractivity contribution in [3.63, 3.8) is 0 Å². The normalized spacial score (nSPS) is 17.8. The fourth-order valence-corrected chi connectivity index (χ4v) is 2.07. The van der Waals surface area contributed by atoms with Crippen molar-refractivity contribution in [1.82, 2.24) is 4.90 Å². The third-order valence-electron chi connectivity index (χ3n) is 3.26. The zero-order valence-corrected chi connectivity index (χ0v) is 12.6. The first-order chi connectivity index (χ1) is 9.80. The summed E-state index contributed by atoms with van der Waals surface area (Å²) in [5.74, 6) is -1.95. The summed E-state index contributed by atoms with van der Waals surface area (Å²) in [4.78, 5) is 24.4. The molecule has 1 aliphatic rings. The van der Waals surface area contributed by atoms with E-state index in [0.29, 0.717) is 23.9 Å². The fourth-order valence-electron chi connectivity index (χ4n) is 1.95. The maximum absolute atomic E-state index is 11.6.